The van der Waals surface area contributed by atoms with E-state index in [1.807, 2.05) is 0 Å². The number of carbonyl (C=O) groups excluding carboxylic acids is 1. The molecule has 0 aromatic rings. The fourth-order valence-electron chi connectivity index (χ4n) is 2.06. The molecule has 1 aliphatic heterocycles. The molecule has 0 aliphatic carbocycles. The molecule has 1 atom stereocenters. The summed E-state index contributed by atoms with van der Waals surface area (Å²) in [6.07, 6.45) is 0. The molecule has 1 fully saturated rings. The summed E-state index contributed by atoms with van der Waals surface area (Å²) >= 11 is 0. The molecule has 1 saturated heterocycles. The van der Waals surface area contributed by atoms with Gasteiger partial charge in [0.15, 0.2) is 0 Å². The number of sulfonamides is 1. The highest BCUT2D eigenvalue weighted by molar-refractivity contribution is 7.92. The van der Waals surface area contributed by atoms with Gasteiger partial charge in [-0.3, -0.25) is 4.79 Å². The number of hydrogen-bond acceptors (Lipinski definition) is 4. The van der Waals surface area contributed by atoms with Gasteiger partial charge in [-0.1, -0.05) is 20.4 Å². The lowest BCUT2D eigenvalue weighted by Gasteiger charge is -2.37. The topological polar surface area (TPSA) is 95.0 Å². The van der Waals surface area contributed by atoms with Gasteiger partial charge in [-0.15, -0.1) is 0 Å². The number of amides is 1. The van der Waals surface area contributed by atoms with Crippen LogP contribution in [0, 0.1) is 5.92 Å². The average Bonchev–Trinajstić information content (AvgIpc) is 2.30. The summed E-state index contributed by atoms with van der Waals surface area (Å²) < 4.78 is 24.1. The van der Waals surface area contributed by atoms with Gasteiger partial charge in [0.05, 0.1) is 6.54 Å². The molecule has 1 amide bonds. The van der Waals surface area contributed by atoms with Crippen molar-refractivity contribution >= 4 is 21.9 Å². The Bertz CT molecular complexity index is 485. The first-order chi connectivity index (χ1) is 8.70. The molecule has 1 rings (SSSR count). The van der Waals surface area contributed by atoms with Crippen LogP contribution >= 0.6 is 0 Å². The third-order valence-corrected chi connectivity index (χ3v) is 4.47. The first kappa shape index (κ1) is 15.6. The van der Waals surface area contributed by atoms with Gasteiger partial charge in [0.1, 0.15) is 6.04 Å². The predicted octanol–water partition coefficient (Wildman–Crippen LogP) is -0.287. The molecule has 1 aliphatic rings. The summed E-state index contributed by atoms with van der Waals surface area (Å²) in [5.41, 5.74) is 0. The number of carboxylic acid groups (broad SMARTS) is 1. The van der Waals surface area contributed by atoms with Crippen LogP contribution in [0.3, 0.4) is 0 Å². The highest BCUT2D eigenvalue weighted by Crippen LogP contribution is 2.17. The summed E-state index contributed by atoms with van der Waals surface area (Å²) in [7, 11) is -3.64. The molecule has 0 aromatic carbocycles. The van der Waals surface area contributed by atoms with E-state index in [9.17, 15) is 18.0 Å². The van der Waals surface area contributed by atoms with E-state index in [1.165, 1.54) is 4.90 Å². The van der Waals surface area contributed by atoms with Crippen LogP contribution in [0.2, 0.25) is 0 Å². The van der Waals surface area contributed by atoms with Crippen LogP contribution in [0.25, 0.3) is 0 Å². The van der Waals surface area contributed by atoms with E-state index < -0.39 is 27.9 Å². The Kier molecular flexibility index (Phi) is 4.70. The lowest BCUT2D eigenvalue weighted by molar-refractivity contribution is -0.154. The highest BCUT2D eigenvalue weighted by Gasteiger charge is 2.37. The van der Waals surface area contributed by atoms with E-state index in [4.69, 9.17) is 5.11 Å². The molecular formula is C11H18N2O5S. The second kappa shape index (κ2) is 5.70. The number of piperazine rings is 1. The van der Waals surface area contributed by atoms with E-state index in [-0.39, 0.29) is 25.6 Å². The molecule has 19 heavy (non-hydrogen) atoms. The molecule has 1 N–H and O–H groups in total. The lowest BCUT2D eigenvalue weighted by atomic mass is 10.0. The van der Waals surface area contributed by atoms with Crippen molar-refractivity contribution in [3.63, 3.8) is 0 Å². The van der Waals surface area contributed by atoms with Gasteiger partial charge in [-0.2, -0.15) is 4.31 Å². The van der Waals surface area contributed by atoms with Crippen molar-refractivity contribution in [2.45, 2.75) is 19.9 Å². The molecule has 108 valence electrons. The second-order valence-corrected chi connectivity index (χ2v) is 6.54. The van der Waals surface area contributed by atoms with Gasteiger partial charge in [-0.05, 0) is 5.92 Å². The maximum atomic E-state index is 11.9. The standard InChI is InChI=1S/C11H18N2O5S/c1-4-19(17,18)12-5-6-13(9(14)7-12)10(8(2)3)11(15)16/h4,8,10H,1,5-7H2,2-3H3,(H,15,16)/t10-/m0/s1. The molecule has 0 bridgehead atoms. The number of rotatable bonds is 5. The zero-order valence-corrected chi connectivity index (χ0v) is 11.8. The number of aliphatic carboxylic acids is 1. The van der Waals surface area contributed by atoms with E-state index >= 15 is 0 Å². The summed E-state index contributed by atoms with van der Waals surface area (Å²) in [6, 6.07) is -0.930. The van der Waals surface area contributed by atoms with E-state index in [1.54, 1.807) is 13.8 Å². The van der Waals surface area contributed by atoms with E-state index in [0.717, 1.165) is 9.71 Å². The van der Waals surface area contributed by atoms with E-state index in [0.29, 0.717) is 0 Å². The van der Waals surface area contributed by atoms with Crippen LogP contribution in [-0.4, -0.2) is 60.3 Å². The third kappa shape index (κ3) is 3.32. The minimum atomic E-state index is -3.64. The maximum Gasteiger partial charge on any atom is 0.326 e. The van der Waals surface area contributed by atoms with Crippen molar-refractivity contribution in [2.24, 2.45) is 5.92 Å². The van der Waals surface area contributed by atoms with Crippen LogP contribution in [-0.2, 0) is 19.6 Å². The number of hydrogen-bond donors (Lipinski definition) is 1. The zero-order valence-electron chi connectivity index (χ0n) is 10.9. The quantitative estimate of drug-likeness (QED) is 0.751. The van der Waals surface area contributed by atoms with Gasteiger partial charge >= 0.3 is 5.97 Å². The van der Waals surface area contributed by atoms with Crippen LogP contribution in [0.5, 0.6) is 0 Å². The largest absolute Gasteiger partial charge is 0.480 e. The van der Waals surface area contributed by atoms with Crippen molar-refractivity contribution in [3.8, 4) is 0 Å². The molecule has 0 unspecified atom stereocenters. The van der Waals surface area contributed by atoms with Crippen molar-refractivity contribution < 1.29 is 23.1 Å². The smallest absolute Gasteiger partial charge is 0.326 e. The Morgan fingerprint density at radius 2 is 2.00 bits per heavy atom. The Labute approximate surface area is 112 Å². The Hall–Kier alpha value is -1.41. The van der Waals surface area contributed by atoms with Gasteiger partial charge in [0.2, 0.25) is 15.9 Å². The molecule has 7 nitrogen and oxygen atoms in total. The van der Waals surface area contributed by atoms with Gasteiger partial charge in [0, 0.05) is 18.5 Å². The predicted molar refractivity (Wildman–Crippen MR) is 68.7 cm³/mol. The molecule has 1 heterocycles. The van der Waals surface area contributed by atoms with Gasteiger partial charge < -0.3 is 10.0 Å². The van der Waals surface area contributed by atoms with Crippen molar-refractivity contribution in [3.05, 3.63) is 12.0 Å². The highest BCUT2D eigenvalue weighted by atomic mass is 32.2. The van der Waals surface area contributed by atoms with Gasteiger partial charge in [0.25, 0.3) is 0 Å². The second-order valence-electron chi connectivity index (χ2n) is 4.66. The van der Waals surface area contributed by atoms with Crippen molar-refractivity contribution in [1.29, 1.82) is 0 Å². The van der Waals surface area contributed by atoms with Crippen molar-refractivity contribution in [2.75, 3.05) is 19.6 Å². The summed E-state index contributed by atoms with van der Waals surface area (Å²) in [6.45, 7) is 6.42. The molecule has 8 heteroatoms. The SMILES string of the molecule is C=CS(=O)(=O)N1CCN([C@H](C(=O)O)C(C)C)C(=O)C1. The van der Waals surface area contributed by atoms with Crippen LogP contribution in [0.15, 0.2) is 12.0 Å². The molecule has 0 spiro atoms. The van der Waals surface area contributed by atoms with Crippen LogP contribution in [0.1, 0.15) is 13.8 Å². The molecule has 0 aromatic heterocycles. The molecule has 0 saturated carbocycles. The number of carboxylic acids is 1. The normalized spacial score (nSPS) is 19.5. The lowest BCUT2D eigenvalue weighted by Crippen LogP contribution is -2.58. The van der Waals surface area contributed by atoms with E-state index in [2.05, 4.69) is 6.58 Å². The minimum Gasteiger partial charge on any atom is -0.480 e. The summed E-state index contributed by atoms with van der Waals surface area (Å²) in [4.78, 5) is 24.3. The Balaban J connectivity index is 2.88. The summed E-state index contributed by atoms with van der Waals surface area (Å²) in [5, 5.41) is 9.93. The number of carbonyl (C=O) groups is 2. The third-order valence-electron chi connectivity index (χ3n) is 3.01. The van der Waals surface area contributed by atoms with Crippen LogP contribution < -0.4 is 0 Å². The first-order valence-electron chi connectivity index (χ1n) is 5.85. The first-order valence-corrected chi connectivity index (χ1v) is 7.36. The minimum absolute atomic E-state index is 0.0705. The zero-order chi connectivity index (χ0) is 14.8. The summed E-state index contributed by atoms with van der Waals surface area (Å²) in [5.74, 6) is -1.83. The fourth-order valence-corrected chi connectivity index (χ4v) is 2.90. The molecular weight excluding hydrogens is 272 g/mol. The monoisotopic (exact) mass is 290 g/mol. The van der Waals surface area contributed by atoms with Gasteiger partial charge in [-0.25, -0.2) is 13.2 Å². The Morgan fingerprint density at radius 1 is 1.42 bits per heavy atom. The molecule has 0 radical (unpaired) electrons. The maximum absolute atomic E-state index is 11.9. The van der Waals surface area contributed by atoms with Crippen LogP contribution in [0.4, 0.5) is 0 Å². The average molecular weight is 290 g/mol. The fraction of sp³-hybridized carbons (Fsp3) is 0.636. The van der Waals surface area contributed by atoms with Crippen molar-refractivity contribution in [1.82, 2.24) is 9.21 Å². The number of nitrogens with zero attached hydrogens (tertiary/aromatic N) is 2. The Morgan fingerprint density at radius 3 is 2.37 bits per heavy atom.